The SMILES string of the molecule is Cc1cc([N+](=O)[O-])ccc1OC1CC2CC2C1. The zero-order chi connectivity index (χ0) is 12.0. The van der Waals surface area contributed by atoms with Gasteiger partial charge in [0, 0.05) is 12.1 Å². The minimum atomic E-state index is -0.373. The van der Waals surface area contributed by atoms with E-state index < -0.39 is 0 Å². The quantitative estimate of drug-likeness (QED) is 0.595. The van der Waals surface area contributed by atoms with Crippen LogP contribution in [0, 0.1) is 28.9 Å². The molecule has 2 unspecified atom stereocenters. The first-order chi connectivity index (χ1) is 8.13. The molecule has 0 saturated heterocycles. The van der Waals surface area contributed by atoms with Crippen LogP contribution in [0.2, 0.25) is 0 Å². The molecule has 4 heteroatoms. The van der Waals surface area contributed by atoms with E-state index in [4.69, 9.17) is 4.74 Å². The van der Waals surface area contributed by atoms with Gasteiger partial charge >= 0.3 is 0 Å². The molecule has 2 saturated carbocycles. The molecule has 17 heavy (non-hydrogen) atoms. The molecule has 2 atom stereocenters. The van der Waals surface area contributed by atoms with Gasteiger partial charge in [-0.25, -0.2) is 0 Å². The molecule has 2 aliphatic rings. The van der Waals surface area contributed by atoms with Crippen molar-refractivity contribution in [2.75, 3.05) is 0 Å². The summed E-state index contributed by atoms with van der Waals surface area (Å²) in [5.41, 5.74) is 0.976. The molecule has 90 valence electrons. The minimum Gasteiger partial charge on any atom is -0.490 e. The van der Waals surface area contributed by atoms with Crippen molar-refractivity contribution in [3.8, 4) is 5.75 Å². The highest BCUT2D eigenvalue weighted by Gasteiger charge is 2.46. The summed E-state index contributed by atoms with van der Waals surface area (Å²) in [5.74, 6) is 2.57. The first-order valence-corrected chi connectivity index (χ1v) is 6.05. The van der Waals surface area contributed by atoms with Gasteiger partial charge in [0.15, 0.2) is 0 Å². The number of rotatable bonds is 3. The number of nitro groups is 1. The molecule has 0 radical (unpaired) electrons. The maximum absolute atomic E-state index is 10.6. The predicted molar refractivity (Wildman–Crippen MR) is 63.1 cm³/mol. The Morgan fingerprint density at radius 2 is 2.00 bits per heavy atom. The second kappa shape index (κ2) is 3.72. The van der Waals surface area contributed by atoms with Crippen LogP contribution in [0.5, 0.6) is 5.75 Å². The van der Waals surface area contributed by atoms with Crippen LogP contribution in [0.25, 0.3) is 0 Å². The van der Waals surface area contributed by atoms with Crippen molar-refractivity contribution >= 4 is 5.69 Å². The highest BCUT2D eigenvalue weighted by atomic mass is 16.6. The van der Waals surface area contributed by atoms with Gasteiger partial charge < -0.3 is 4.74 Å². The van der Waals surface area contributed by atoms with E-state index in [9.17, 15) is 10.1 Å². The van der Waals surface area contributed by atoms with E-state index in [2.05, 4.69) is 0 Å². The summed E-state index contributed by atoms with van der Waals surface area (Å²) in [5, 5.41) is 10.6. The lowest BCUT2D eigenvalue weighted by atomic mass is 10.1. The number of benzene rings is 1. The van der Waals surface area contributed by atoms with Crippen LogP contribution in [0.3, 0.4) is 0 Å². The fourth-order valence-electron chi connectivity index (χ4n) is 2.81. The topological polar surface area (TPSA) is 52.4 Å². The maximum atomic E-state index is 10.6. The summed E-state index contributed by atoms with van der Waals surface area (Å²) >= 11 is 0. The highest BCUT2D eigenvalue weighted by molar-refractivity contribution is 5.43. The van der Waals surface area contributed by atoms with E-state index >= 15 is 0 Å². The Labute approximate surface area is 99.7 Å². The molecule has 4 nitrogen and oxygen atoms in total. The molecule has 0 spiro atoms. The molecule has 0 aromatic heterocycles. The molecule has 0 bridgehead atoms. The molecule has 0 heterocycles. The fourth-order valence-corrected chi connectivity index (χ4v) is 2.81. The summed E-state index contributed by atoms with van der Waals surface area (Å²) in [7, 11) is 0. The number of fused-ring (bicyclic) bond motifs is 1. The average molecular weight is 233 g/mol. The van der Waals surface area contributed by atoms with Gasteiger partial charge in [-0.2, -0.15) is 0 Å². The zero-order valence-electron chi connectivity index (χ0n) is 9.76. The van der Waals surface area contributed by atoms with Crippen molar-refractivity contribution < 1.29 is 9.66 Å². The van der Waals surface area contributed by atoms with Crippen LogP contribution in [0.1, 0.15) is 24.8 Å². The van der Waals surface area contributed by atoms with Crippen molar-refractivity contribution in [2.24, 2.45) is 11.8 Å². The maximum Gasteiger partial charge on any atom is 0.269 e. The van der Waals surface area contributed by atoms with Crippen LogP contribution in [-0.2, 0) is 0 Å². The highest BCUT2D eigenvalue weighted by Crippen LogP contribution is 2.52. The smallest absolute Gasteiger partial charge is 0.269 e. The Hall–Kier alpha value is -1.58. The molecular formula is C13H15NO3. The number of non-ortho nitro benzene ring substituents is 1. The number of nitrogens with zero attached hydrogens (tertiary/aromatic N) is 1. The number of ether oxygens (including phenoxy) is 1. The van der Waals surface area contributed by atoms with Crippen molar-refractivity contribution in [3.63, 3.8) is 0 Å². The number of aryl methyl sites for hydroxylation is 1. The van der Waals surface area contributed by atoms with Gasteiger partial charge in [-0.3, -0.25) is 10.1 Å². The van der Waals surface area contributed by atoms with E-state index in [0.29, 0.717) is 6.10 Å². The molecule has 0 aliphatic heterocycles. The second-order valence-corrected chi connectivity index (χ2v) is 5.17. The molecule has 0 amide bonds. The largest absolute Gasteiger partial charge is 0.490 e. The van der Waals surface area contributed by atoms with Gasteiger partial charge in [-0.15, -0.1) is 0 Å². The van der Waals surface area contributed by atoms with E-state index in [1.807, 2.05) is 6.92 Å². The second-order valence-electron chi connectivity index (χ2n) is 5.17. The Morgan fingerprint density at radius 3 is 2.59 bits per heavy atom. The average Bonchev–Trinajstić information content (AvgIpc) is 2.89. The van der Waals surface area contributed by atoms with Crippen LogP contribution in [0.15, 0.2) is 18.2 Å². The summed E-state index contributed by atoms with van der Waals surface area (Å²) in [4.78, 5) is 10.2. The lowest BCUT2D eigenvalue weighted by Crippen LogP contribution is -2.14. The van der Waals surface area contributed by atoms with Gasteiger partial charge in [0.2, 0.25) is 0 Å². The molecule has 3 rings (SSSR count). The Bertz CT molecular complexity index is 462. The van der Waals surface area contributed by atoms with Gasteiger partial charge in [-0.05, 0) is 49.7 Å². The van der Waals surface area contributed by atoms with Crippen molar-refractivity contribution in [3.05, 3.63) is 33.9 Å². The van der Waals surface area contributed by atoms with Crippen LogP contribution >= 0.6 is 0 Å². The Balaban J connectivity index is 1.72. The third-order valence-electron chi connectivity index (χ3n) is 3.86. The van der Waals surface area contributed by atoms with Gasteiger partial charge in [0.05, 0.1) is 11.0 Å². The lowest BCUT2D eigenvalue weighted by molar-refractivity contribution is -0.384. The van der Waals surface area contributed by atoms with Crippen molar-refractivity contribution in [1.29, 1.82) is 0 Å². The summed E-state index contributed by atoms with van der Waals surface area (Å²) in [6, 6.07) is 4.81. The summed E-state index contributed by atoms with van der Waals surface area (Å²) < 4.78 is 5.92. The molecular weight excluding hydrogens is 218 g/mol. The summed E-state index contributed by atoms with van der Waals surface area (Å²) in [6.45, 7) is 1.86. The molecule has 1 aromatic carbocycles. The van der Waals surface area contributed by atoms with Crippen LogP contribution in [-0.4, -0.2) is 11.0 Å². The van der Waals surface area contributed by atoms with Gasteiger partial charge in [-0.1, -0.05) is 0 Å². The summed E-state index contributed by atoms with van der Waals surface area (Å²) in [6.07, 6.45) is 4.00. The Morgan fingerprint density at radius 1 is 1.29 bits per heavy atom. The van der Waals surface area contributed by atoms with E-state index in [1.54, 1.807) is 12.1 Å². The molecule has 2 aliphatic carbocycles. The lowest BCUT2D eigenvalue weighted by Gasteiger charge is -2.16. The van der Waals surface area contributed by atoms with Crippen LogP contribution < -0.4 is 4.74 Å². The molecule has 0 N–H and O–H groups in total. The van der Waals surface area contributed by atoms with Gasteiger partial charge in [0.25, 0.3) is 5.69 Å². The Kier molecular flexibility index (Phi) is 2.31. The molecule has 2 fully saturated rings. The monoisotopic (exact) mass is 233 g/mol. The number of nitro benzene ring substituents is 1. The number of hydrogen-bond acceptors (Lipinski definition) is 3. The molecule has 1 aromatic rings. The zero-order valence-corrected chi connectivity index (χ0v) is 9.76. The predicted octanol–water partition coefficient (Wildman–Crippen LogP) is 3.08. The van der Waals surface area contributed by atoms with E-state index in [-0.39, 0.29) is 10.6 Å². The fraction of sp³-hybridized carbons (Fsp3) is 0.538. The van der Waals surface area contributed by atoms with Crippen LogP contribution in [0.4, 0.5) is 5.69 Å². The first kappa shape index (κ1) is 10.6. The minimum absolute atomic E-state index is 0.129. The standard InChI is InChI=1S/C13H15NO3/c1-8-4-11(14(15)16)2-3-13(8)17-12-6-9-5-10(9)7-12/h2-4,9-10,12H,5-7H2,1H3. The van der Waals surface area contributed by atoms with Crippen molar-refractivity contribution in [1.82, 2.24) is 0 Å². The van der Waals surface area contributed by atoms with Gasteiger partial charge in [0.1, 0.15) is 5.75 Å². The third-order valence-corrected chi connectivity index (χ3v) is 3.86. The van der Waals surface area contributed by atoms with E-state index in [0.717, 1.165) is 36.0 Å². The number of hydrogen-bond donors (Lipinski definition) is 0. The van der Waals surface area contributed by atoms with E-state index in [1.165, 1.54) is 12.5 Å². The normalized spacial score (nSPS) is 29.8. The van der Waals surface area contributed by atoms with Crippen molar-refractivity contribution in [2.45, 2.75) is 32.3 Å². The third kappa shape index (κ3) is 1.99. The first-order valence-electron chi connectivity index (χ1n) is 6.05.